The lowest BCUT2D eigenvalue weighted by molar-refractivity contribution is -0.173. The van der Waals surface area contributed by atoms with Crippen molar-refractivity contribution < 1.29 is 59.8 Å². The van der Waals surface area contributed by atoms with Gasteiger partial charge in [-0.3, -0.25) is 23.9 Å². The van der Waals surface area contributed by atoms with Crippen molar-refractivity contribution in [2.45, 2.75) is 82.4 Å². The van der Waals surface area contributed by atoms with Crippen LogP contribution in [0.5, 0.6) is 0 Å². The zero-order valence-corrected chi connectivity index (χ0v) is 29.3. The third-order valence-electron chi connectivity index (χ3n) is 9.50. The highest BCUT2D eigenvalue weighted by molar-refractivity contribution is 6.31. The van der Waals surface area contributed by atoms with E-state index < -0.39 is 66.1 Å². The fourth-order valence-electron chi connectivity index (χ4n) is 6.45. The van der Waals surface area contributed by atoms with Crippen LogP contribution in [-0.2, 0) is 38.8 Å². The molecule has 10 nitrogen and oxygen atoms in total. The number of hydrogen-bond donors (Lipinski definition) is 2. The molecule has 292 valence electrons. The highest BCUT2D eigenvalue weighted by Crippen LogP contribution is 2.45. The van der Waals surface area contributed by atoms with Gasteiger partial charge in [-0.1, -0.05) is 41.9 Å². The van der Waals surface area contributed by atoms with Crippen molar-refractivity contribution in [3.63, 3.8) is 0 Å². The molecule has 18 heteroatoms. The van der Waals surface area contributed by atoms with Gasteiger partial charge in [0.1, 0.15) is 18.1 Å². The van der Waals surface area contributed by atoms with Crippen molar-refractivity contribution in [2.75, 3.05) is 6.54 Å². The van der Waals surface area contributed by atoms with E-state index in [1.54, 1.807) is 4.68 Å². The number of fused-ring (bicyclic) bond motifs is 1. The van der Waals surface area contributed by atoms with Gasteiger partial charge in [0.2, 0.25) is 23.7 Å². The van der Waals surface area contributed by atoms with E-state index in [4.69, 9.17) is 27.2 Å². The molecule has 2 aromatic carbocycles. The molecule has 1 aromatic heterocycles. The number of benzene rings is 2. The summed E-state index contributed by atoms with van der Waals surface area (Å²) in [5.41, 5.74) is 7.73. The number of nitrogens with zero attached hydrogens (tertiary/aromatic N) is 3. The maximum Gasteiger partial charge on any atom is 0.309 e. The third-order valence-corrected chi connectivity index (χ3v) is 9.79. The molecular weight excluding hydrogens is 753 g/mol. The van der Waals surface area contributed by atoms with Gasteiger partial charge in [0.15, 0.2) is 0 Å². The number of carbonyl (C=O) groups excluding carboxylic acids is 3. The molecule has 3 aromatic rings. The van der Waals surface area contributed by atoms with E-state index in [0.29, 0.717) is 24.3 Å². The minimum atomic E-state index is -2.71. The number of rotatable bonds is 8. The molecule has 0 spiro atoms. The molecule has 3 aliphatic carbocycles. The summed E-state index contributed by atoms with van der Waals surface area (Å²) >= 11 is 5.84. The zero-order chi connectivity index (χ0) is 39.6. The Hall–Kier alpha value is -4.67. The van der Waals surface area contributed by atoms with E-state index in [9.17, 15) is 49.9 Å². The van der Waals surface area contributed by atoms with Crippen molar-refractivity contribution in [1.82, 2.24) is 14.7 Å². The summed E-state index contributed by atoms with van der Waals surface area (Å²) in [6.45, 7) is 0.930. The van der Waals surface area contributed by atoms with E-state index in [1.807, 2.05) is 30.3 Å². The molecule has 54 heavy (non-hydrogen) atoms. The van der Waals surface area contributed by atoms with Crippen LogP contribution in [0.4, 0.5) is 30.7 Å². The average molecular weight is 789 g/mol. The molecule has 2 amide bonds. The van der Waals surface area contributed by atoms with Crippen LogP contribution in [0.3, 0.4) is 0 Å². The molecule has 0 unspecified atom stereocenters. The minimum Gasteiger partial charge on any atom is -0.481 e. The van der Waals surface area contributed by atoms with Crippen LogP contribution in [0.1, 0.15) is 66.6 Å². The number of nitrogens with two attached hydrogens (primary N) is 1. The zero-order valence-electron chi connectivity index (χ0n) is 28.6. The van der Waals surface area contributed by atoms with Crippen LogP contribution >= 0.6 is 11.6 Å². The number of hydrogen-bond acceptors (Lipinski definition) is 6. The Morgan fingerprint density at radius 2 is 1.46 bits per heavy atom. The standard InChI is InChI=1S/C19H18ClF3N4O2.C12H12F2O2.C5H6F2O2/c20-12-6-11(1-2-13(12)21)17-16(18(24)29)14-9-26(3-4-27(14)25-17)15(28)5-10-7-19(22,23)8-10;13-12(14)6-10(7-12)11(15)16-8-9-4-2-1-3-5-9;6-5(7)1-3(2-5)4(8)9/h1-2,6,10H,3-5,7-9H2,(H2,24,29);1-5,10H,6-8H2;3H,1-2H2,(H,8,9). The molecule has 4 aliphatic rings. The summed E-state index contributed by atoms with van der Waals surface area (Å²) in [6, 6.07) is 13.1. The minimum absolute atomic E-state index is 0.0516. The van der Waals surface area contributed by atoms with Crippen LogP contribution in [-0.4, -0.2) is 67.9 Å². The number of esters is 1. The maximum atomic E-state index is 13.5. The lowest BCUT2D eigenvalue weighted by Gasteiger charge is -2.36. The lowest BCUT2D eigenvalue weighted by Crippen LogP contribution is -2.43. The lowest BCUT2D eigenvalue weighted by atomic mass is 9.79. The van der Waals surface area contributed by atoms with Gasteiger partial charge in [-0.2, -0.15) is 5.10 Å². The number of ether oxygens (including phenoxy) is 1. The number of carboxylic acid groups (broad SMARTS) is 1. The molecule has 1 aliphatic heterocycles. The molecule has 3 saturated carbocycles. The normalized spacial score (nSPS) is 19.6. The number of aromatic nitrogens is 2. The highest BCUT2D eigenvalue weighted by Gasteiger charge is 2.50. The van der Waals surface area contributed by atoms with Crippen LogP contribution < -0.4 is 5.73 Å². The van der Waals surface area contributed by atoms with E-state index in [2.05, 4.69) is 5.10 Å². The highest BCUT2D eigenvalue weighted by atomic mass is 35.5. The summed E-state index contributed by atoms with van der Waals surface area (Å²) in [5, 5.41) is 12.4. The van der Waals surface area contributed by atoms with Crippen molar-refractivity contribution in [1.29, 1.82) is 0 Å². The smallest absolute Gasteiger partial charge is 0.309 e. The van der Waals surface area contributed by atoms with E-state index in [-0.39, 0.29) is 73.4 Å². The van der Waals surface area contributed by atoms with E-state index in [0.717, 1.165) is 5.56 Å². The Labute approximate surface area is 309 Å². The number of carbonyl (C=O) groups is 4. The number of aliphatic carboxylic acids is 1. The number of primary amides is 1. The Morgan fingerprint density at radius 1 is 0.870 bits per heavy atom. The van der Waals surface area contributed by atoms with Gasteiger partial charge in [0, 0.05) is 57.1 Å². The molecule has 3 fully saturated rings. The fraction of sp³-hybridized carbons (Fsp3) is 0.472. The van der Waals surface area contributed by atoms with Gasteiger partial charge in [-0.25, -0.2) is 30.7 Å². The summed E-state index contributed by atoms with van der Waals surface area (Å²) in [4.78, 5) is 47.5. The van der Waals surface area contributed by atoms with E-state index >= 15 is 0 Å². The largest absolute Gasteiger partial charge is 0.481 e. The number of carboxylic acids is 1. The summed E-state index contributed by atoms with van der Waals surface area (Å²) < 4.78 is 94.8. The Bertz CT molecular complexity index is 1870. The number of alkyl halides is 6. The van der Waals surface area contributed by atoms with Gasteiger partial charge < -0.3 is 20.5 Å². The molecule has 0 radical (unpaired) electrons. The topological polar surface area (TPSA) is 145 Å². The summed E-state index contributed by atoms with van der Waals surface area (Å²) in [5.74, 6) is -13.0. The SMILES string of the molecule is NC(=O)c1c(-c2ccc(F)c(Cl)c2)nn2c1CN(C(=O)CC1CC(F)(F)C1)CC2.O=C(O)C1CC(F)(F)C1.O=C(OCc1ccccc1)C1CC(F)(F)C1. The number of amides is 2. The molecule has 0 atom stereocenters. The van der Waals surface area contributed by atoms with Crippen LogP contribution in [0.15, 0.2) is 48.5 Å². The van der Waals surface area contributed by atoms with Crippen LogP contribution in [0, 0.1) is 23.6 Å². The Morgan fingerprint density at radius 3 is 1.98 bits per heavy atom. The first kappa shape index (κ1) is 40.5. The van der Waals surface area contributed by atoms with Crippen molar-refractivity contribution >= 4 is 35.4 Å². The predicted molar refractivity (Wildman–Crippen MR) is 178 cm³/mol. The quantitative estimate of drug-likeness (QED) is 0.183. The predicted octanol–water partition coefficient (Wildman–Crippen LogP) is 7.11. The van der Waals surface area contributed by atoms with Crippen molar-refractivity contribution in [2.24, 2.45) is 23.5 Å². The number of halogens is 8. The first-order valence-corrected chi connectivity index (χ1v) is 17.3. The molecule has 3 N–H and O–H groups in total. The first-order chi connectivity index (χ1) is 25.2. The molecular formula is C36H36ClF7N4O6. The van der Waals surface area contributed by atoms with E-state index in [1.165, 1.54) is 23.1 Å². The van der Waals surface area contributed by atoms with Crippen LogP contribution in [0.25, 0.3) is 11.3 Å². The summed E-state index contributed by atoms with van der Waals surface area (Å²) in [7, 11) is 0. The molecule has 7 rings (SSSR count). The van der Waals surface area contributed by atoms with Crippen LogP contribution in [0.2, 0.25) is 5.02 Å². The van der Waals surface area contributed by atoms with Crippen molar-refractivity contribution in [3.05, 3.63) is 76.2 Å². The van der Waals surface area contributed by atoms with Gasteiger partial charge in [-0.15, -0.1) is 0 Å². The van der Waals surface area contributed by atoms with Gasteiger partial charge in [0.25, 0.3) is 5.91 Å². The molecule has 2 heterocycles. The second-order valence-electron chi connectivity index (χ2n) is 13.9. The second-order valence-corrected chi connectivity index (χ2v) is 14.3. The fourth-order valence-corrected chi connectivity index (χ4v) is 6.63. The van der Waals surface area contributed by atoms with Gasteiger partial charge in [-0.05, 0) is 29.7 Å². The maximum absolute atomic E-state index is 13.5. The van der Waals surface area contributed by atoms with Gasteiger partial charge >= 0.3 is 11.9 Å². The Balaban J connectivity index is 0.000000186. The molecule has 0 saturated heterocycles. The monoisotopic (exact) mass is 788 g/mol. The van der Waals surface area contributed by atoms with Crippen molar-refractivity contribution in [3.8, 4) is 11.3 Å². The molecule has 0 bridgehead atoms. The average Bonchev–Trinajstić information content (AvgIpc) is 3.46. The third kappa shape index (κ3) is 10.1. The Kier molecular flexibility index (Phi) is 12.0. The summed E-state index contributed by atoms with van der Waals surface area (Å²) in [6.07, 6.45) is -2.21. The second kappa shape index (κ2) is 16.0. The van der Waals surface area contributed by atoms with Gasteiger partial charge in [0.05, 0.1) is 41.2 Å². The first-order valence-electron chi connectivity index (χ1n) is 16.9.